The van der Waals surface area contributed by atoms with E-state index in [0.717, 1.165) is 23.1 Å². The molecule has 0 aliphatic carbocycles. The minimum absolute atomic E-state index is 0.0485. The van der Waals surface area contributed by atoms with Crippen LogP contribution in [0.3, 0.4) is 0 Å². The number of thiophene rings is 1. The maximum absolute atomic E-state index is 11.1. The highest BCUT2D eigenvalue weighted by atomic mass is 35.5. The first-order valence-corrected chi connectivity index (χ1v) is 7.92. The van der Waals surface area contributed by atoms with Crippen molar-refractivity contribution in [3.63, 3.8) is 0 Å². The van der Waals surface area contributed by atoms with Crippen LogP contribution in [0.15, 0.2) is 25.2 Å². The fourth-order valence-corrected chi connectivity index (χ4v) is 4.32. The summed E-state index contributed by atoms with van der Waals surface area (Å²) in [6, 6.07) is 0. The summed E-state index contributed by atoms with van der Waals surface area (Å²) in [6.07, 6.45) is 0.726. The van der Waals surface area contributed by atoms with Crippen LogP contribution in [0, 0.1) is 15.5 Å². The van der Waals surface area contributed by atoms with Crippen molar-refractivity contribution in [1.29, 1.82) is 0 Å². The molecule has 0 bridgehead atoms. The van der Waals surface area contributed by atoms with Gasteiger partial charge in [-0.2, -0.15) is 0 Å². The summed E-state index contributed by atoms with van der Waals surface area (Å²) in [5.74, 6) is -0.363. The van der Waals surface area contributed by atoms with E-state index in [4.69, 9.17) is 23.2 Å². The van der Waals surface area contributed by atoms with E-state index in [2.05, 4.69) is 4.99 Å². The second-order valence-electron chi connectivity index (χ2n) is 3.79. The van der Waals surface area contributed by atoms with Crippen LogP contribution in [-0.4, -0.2) is 28.8 Å². The summed E-state index contributed by atoms with van der Waals surface area (Å²) in [5.41, 5.74) is -0.120. The summed E-state index contributed by atoms with van der Waals surface area (Å²) in [5, 5.41) is 22.2. The van der Waals surface area contributed by atoms with Gasteiger partial charge in [0.1, 0.15) is 17.7 Å². The van der Waals surface area contributed by atoms with E-state index in [9.17, 15) is 20.0 Å². The molecule has 0 spiro atoms. The van der Waals surface area contributed by atoms with Gasteiger partial charge in [0.25, 0.3) is 10.7 Å². The molecule has 10 heteroatoms. The lowest BCUT2D eigenvalue weighted by Crippen LogP contribution is -2.12. The smallest absolute Gasteiger partial charge is 0.320 e. The highest BCUT2D eigenvalue weighted by Crippen LogP contribution is 2.47. The number of hydrogen-bond acceptors (Lipinski definition) is 6. The largest absolute Gasteiger partial charge is 0.477 e. The third-order valence-electron chi connectivity index (χ3n) is 2.48. The zero-order valence-corrected chi connectivity index (χ0v) is 13.4. The lowest BCUT2D eigenvalue weighted by molar-refractivity contribution is -0.387. The SMILES string of the molecule is O=CCc1scc([N+](=O)[O-])c1SC1=C(Cl)C(O)=NC[C+]1Cl. The van der Waals surface area contributed by atoms with Gasteiger partial charge in [-0.15, -0.1) is 11.3 Å². The molecule has 0 radical (unpaired) electrons. The number of aliphatic imine (C=N–C) groups is 1. The predicted molar refractivity (Wildman–Crippen MR) is 83.5 cm³/mol. The number of hydrogen-bond donors (Lipinski definition) is 1. The summed E-state index contributed by atoms with van der Waals surface area (Å²) < 4.78 is 0. The molecule has 2 heterocycles. The Morgan fingerprint density at radius 1 is 1.67 bits per heavy atom. The van der Waals surface area contributed by atoms with Crippen molar-refractivity contribution in [2.75, 3.05) is 6.54 Å². The van der Waals surface area contributed by atoms with Crippen molar-refractivity contribution in [2.24, 2.45) is 4.99 Å². The molecule has 0 aromatic carbocycles. The van der Waals surface area contributed by atoms with Gasteiger partial charge in [0.05, 0.1) is 10.3 Å². The molecular weight excluding hydrogens is 359 g/mol. The van der Waals surface area contributed by atoms with E-state index in [1.807, 2.05) is 0 Å². The molecule has 0 saturated carbocycles. The molecule has 1 aliphatic heterocycles. The Hall–Kier alpha value is -1.22. The lowest BCUT2D eigenvalue weighted by atomic mass is 10.3. The molecule has 1 aromatic heterocycles. The zero-order chi connectivity index (χ0) is 15.6. The van der Waals surface area contributed by atoms with Gasteiger partial charge in [-0.05, 0) is 11.8 Å². The van der Waals surface area contributed by atoms with Crippen molar-refractivity contribution in [3.8, 4) is 0 Å². The van der Waals surface area contributed by atoms with Crippen LogP contribution in [0.2, 0.25) is 0 Å². The second kappa shape index (κ2) is 6.69. The Labute approximate surface area is 137 Å². The fraction of sp³-hybridized carbons (Fsp3) is 0.182. The molecule has 0 atom stereocenters. The number of nitrogens with zero attached hydrogens (tertiary/aromatic N) is 2. The van der Waals surface area contributed by atoms with Gasteiger partial charge in [-0.25, -0.2) is 4.99 Å². The summed E-state index contributed by atoms with van der Waals surface area (Å²) in [7, 11) is 0. The molecule has 21 heavy (non-hydrogen) atoms. The number of halogens is 2. The van der Waals surface area contributed by atoms with Gasteiger partial charge < -0.3 is 9.90 Å². The van der Waals surface area contributed by atoms with Crippen LogP contribution in [0.25, 0.3) is 0 Å². The van der Waals surface area contributed by atoms with Gasteiger partial charge in [-0.3, -0.25) is 10.1 Å². The Kier molecular flexibility index (Phi) is 5.15. The predicted octanol–water partition coefficient (Wildman–Crippen LogP) is 3.68. The van der Waals surface area contributed by atoms with Crippen molar-refractivity contribution in [2.45, 2.75) is 11.3 Å². The summed E-state index contributed by atoms with van der Waals surface area (Å²) in [4.78, 5) is 26.1. The first-order valence-electron chi connectivity index (χ1n) is 5.47. The Balaban J connectivity index is 2.44. The molecule has 110 valence electrons. The van der Waals surface area contributed by atoms with Gasteiger partial charge in [0.15, 0.2) is 5.38 Å². The van der Waals surface area contributed by atoms with E-state index >= 15 is 0 Å². The number of carbonyl (C=O) groups excluding carboxylic acids is 1. The van der Waals surface area contributed by atoms with Crippen molar-refractivity contribution in [3.05, 3.63) is 35.7 Å². The maximum atomic E-state index is 11.1. The average Bonchev–Trinajstić information content (AvgIpc) is 2.83. The van der Waals surface area contributed by atoms with Gasteiger partial charge in [0, 0.05) is 34.5 Å². The van der Waals surface area contributed by atoms with Gasteiger partial charge in [-0.1, -0.05) is 0 Å². The molecule has 0 saturated heterocycles. The molecule has 6 nitrogen and oxygen atoms in total. The number of aliphatic hydroxyl groups excluding tert-OH is 1. The highest BCUT2D eigenvalue weighted by Gasteiger charge is 2.38. The van der Waals surface area contributed by atoms with Crippen LogP contribution in [-0.2, 0) is 11.2 Å². The molecule has 1 N–H and O–H groups in total. The van der Waals surface area contributed by atoms with Crippen LogP contribution in [0.5, 0.6) is 0 Å². The quantitative estimate of drug-likeness (QED) is 0.371. The average molecular weight is 366 g/mol. The number of nitro groups is 1. The molecule has 1 aliphatic rings. The molecule has 1 aromatic rings. The molecule has 2 rings (SSSR count). The monoisotopic (exact) mass is 365 g/mol. The van der Waals surface area contributed by atoms with Gasteiger partial charge >= 0.3 is 5.90 Å². The lowest BCUT2D eigenvalue weighted by Gasteiger charge is -2.08. The molecule has 0 fully saturated rings. The van der Waals surface area contributed by atoms with Crippen LogP contribution < -0.4 is 0 Å². The second-order valence-corrected chi connectivity index (χ2v) is 6.61. The van der Waals surface area contributed by atoms with Crippen molar-refractivity contribution < 1.29 is 14.8 Å². The highest BCUT2D eigenvalue weighted by molar-refractivity contribution is 8.03. The standard InChI is InChI=1S/C11H6Cl2N2O4S2/c12-5-3-14-11(17)8(13)9(5)21-10-6(15(18)19)4-20-7(10)1-2-16/h2,4H,1,3H2/p+1. The third-order valence-corrected chi connectivity index (χ3v) is 5.81. The van der Waals surface area contributed by atoms with E-state index in [0.29, 0.717) is 21.0 Å². The Morgan fingerprint density at radius 2 is 2.38 bits per heavy atom. The molecule has 0 unspecified atom stereocenters. The fourth-order valence-electron chi connectivity index (χ4n) is 1.54. The first kappa shape index (κ1) is 16.2. The number of dihydropyridines is 1. The third kappa shape index (κ3) is 3.34. The minimum Gasteiger partial charge on any atom is -0.477 e. The van der Waals surface area contributed by atoms with E-state index in [1.54, 1.807) is 0 Å². The van der Waals surface area contributed by atoms with Crippen LogP contribution in [0.1, 0.15) is 4.88 Å². The Morgan fingerprint density at radius 3 is 3.00 bits per heavy atom. The first-order chi connectivity index (χ1) is 9.95. The topological polar surface area (TPSA) is 92.8 Å². The van der Waals surface area contributed by atoms with E-state index in [1.165, 1.54) is 5.38 Å². The normalized spacial score (nSPS) is 15.1. The van der Waals surface area contributed by atoms with Gasteiger partial charge in [0.2, 0.25) is 4.91 Å². The number of aldehydes is 1. The van der Waals surface area contributed by atoms with Crippen LogP contribution in [0.4, 0.5) is 5.69 Å². The van der Waals surface area contributed by atoms with E-state index in [-0.39, 0.29) is 35.0 Å². The van der Waals surface area contributed by atoms with E-state index < -0.39 is 4.92 Å². The maximum Gasteiger partial charge on any atom is 0.320 e. The summed E-state index contributed by atoms with van der Waals surface area (Å²) >= 11 is 14.0. The molecule has 0 amide bonds. The number of aliphatic hydroxyl groups is 1. The van der Waals surface area contributed by atoms with Crippen molar-refractivity contribution in [1.82, 2.24) is 0 Å². The van der Waals surface area contributed by atoms with Crippen molar-refractivity contribution >= 4 is 64.2 Å². The zero-order valence-electron chi connectivity index (χ0n) is 10.2. The summed E-state index contributed by atoms with van der Waals surface area (Å²) in [6.45, 7) is 0.0485. The number of rotatable bonds is 5. The Bertz CT molecular complexity index is 657. The molecular formula is C11H7Cl2N2O4S2+. The number of carbonyl (C=O) groups is 1. The van der Waals surface area contributed by atoms with Crippen LogP contribution >= 0.6 is 46.3 Å². The number of thioether (sulfide) groups is 1. The minimum atomic E-state index is -0.535.